The molecule has 4 amide bonds. The molecule has 4 heterocycles. The largest absolute Gasteiger partial charge is 0.444 e. The SMILES string of the molecule is CC(C)(C)OC(=O)N1CCN(CC(=O)Nc2cc([C@H]3CCC(=O)NC3=O)ccn2)[C@@H](C(F)(F)F)C1.c1ccncc1. The smallest absolute Gasteiger partial charge is 0.410 e. The van der Waals surface area contributed by atoms with Crippen LogP contribution < -0.4 is 10.6 Å². The fraction of sp³-hybridized carbons (Fsp3) is 0.481. The number of piperidine rings is 1. The Morgan fingerprint density at radius 1 is 1.10 bits per heavy atom. The zero-order valence-corrected chi connectivity index (χ0v) is 23.0. The van der Waals surface area contributed by atoms with E-state index in [-0.39, 0.29) is 31.2 Å². The number of anilines is 1. The van der Waals surface area contributed by atoms with Crippen molar-refractivity contribution >= 4 is 29.6 Å². The summed E-state index contributed by atoms with van der Waals surface area (Å²) in [7, 11) is 0. The topological polar surface area (TPSA) is 134 Å². The third-order valence-electron chi connectivity index (χ3n) is 6.13. The van der Waals surface area contributed by atoms with Crippen LogP contribution in [0.5, 0.6) is 0 Å². The molecule has 2 aromatic rings. The Morgan fingerprint density at radius 3 is 2.37 bits per heavy atom. The predicted molar refractivity (Wildman–Crippen MR) is 141 cm³/mol. The summed E-state index contributed by atoms with van der Waals surface area (Å²) in [6.45, 7) is 3.42. The molecule has 2 saturated heterocycles. The van der Waals surface area contributed by atoms with E-state index in [4.69, 9.17) is 4.74 Å². The van der Waals surface area contributed by atoms with Crippen molar-refractivity contribution < 1.29 is 37.1 Å². The number of ether oxygens (including phenoxy) is 1. The Balaban J connectivity index is 0.000000681. The van der Waals surface area contributed by atoms with Gasteiger partial charge in [0.2, 0.25) is 17.7 Å². The number of aromatic nitrogens is 2. The number of carbonyl (C=O) groups is 4. The molecule has 2 atom stereocenters. The van der Waals surface area contributed by atoms with Gasteiger partial charge in [0.05, 0.1) is 12.5 Å². The van der Waals surface area contributed by atoms with Crippen LogP contribution in [-0.4, -0.2) is 87.6 Å². The second-order valence-corrected chi connectivity index (χ2v) is 10.5. The number of carbonyl (C=O) groups excluding carboxylic acids is 4. The molecular formula is C27H33F3N6O5. The summed E-state index contributed by atoms with van der Waals surface area (Å²) >= 11 is 0. The van der Waals surface area contributed by atoms with E-state index in [1.165, 1.54) is 12.3 Å². The van der Waals surface area contributed by atoms with E-state index < -0.39 is 54.7 Å². The van der Waals surface area contributed by atoms with E-state index in [0.717, 1.165) is 9.80 Å². The Kier molecular flexibility index (Phi) is 10.4. The van der Waals surface area contributed by atoms with Crippen LogP contribution in [0.15, 0.2) is 48.9 Å². The molecule has 0 radical (unpaired) electrons. The number of piperazine rings is 1. The molecule has 0 bridgehead atoms. The molecule has 0 aromatic carbocycles. The average molecular weight is 579 g/mol. The molecular weight excluding hydrogens is 545 g/mol. The Bertz CT molecular complexity index is 1200. The zero-order valence-electron chi connectivity index (χ0n) is 23.0. The standard InChI is InChI=1S/C22H28F3N5O5.C5H5N/c1-21(2,3)35-20(34)30-9-8-29(15(11-30)22(23,24)25)12-18(32)27-16-10-13(6-7-26-16)14-4-5-17(31)28-19(14)33;1-2-4-6-5-3-1/h6-7,10,14-15H,4-5,8-9,11-12H2,1-3H3,(H,26,27,32)(H,28,31,33);1-5H/t14-,15-;/m1./s1. The second-order valence-electron chi connectivity index (χ2n) is 10.5. The third kappa shape index (κ3) is 9.81. The lowest BCUT2D eigenvalue weighted by Crippen LogP contribution is -2.61. The number of halogens is 3. The Labute approximate surface area is 235 Å². The van der Waals surface area contributed by atoms with E-state index >= 15 is 0 Å². The minimum absolute atomic E-state index is 0.0297. The molecule has 0 saturated carbocycles. The van der Waals surface area contributed by atoms with E-state index in [0.29, 0.717) is 12.0 Å². The first-order valence-corrected chi connectivity index (χ1v) is 13.0. The molecule has 0 spiro atoms. The summed E-state index contributed by atoms with van der Waals surface area (Å²) < 4.78 is 46.4. The molecule has 41 heavy (non-hydrogen) atoms. The first-order chi connectivity index (χ1) is 19.2. The molecule has 0 aliphatic carbocycles. The minimum Gasteiger partial charge on any atom is -0.444 e. The first kappa shape index (κ1) is 31.5. The highest BCUT2D eigenvalue weighted by Gasteiger charge is 2.48. The molecule has 2 fully saturated rings. The van der Waals surface area contributed by atoms with Gasteiger partial charge >= 0.3 is 12.3 Å². The van der Waals surface area contributed by atoms with Gasteiger partial charge < -0.3 is 15.0 Å². The number of alkyl halides is 3. The maximum atomic E-state index is 13.7. The van der Waals surface area contributed by atoms with Crippen molar-refractivity contribution in [1.82, 2.24) is 25.1 Å². The molecule has 14 heteroatoms. The molecule has 0 unspecified atom stereocenters. The molecule has 11 nitrogen and oxygen atoms in total. The lowest BCUT2D eigenvalue weighted by molar-refractivity contribution is -0.195. The number of amides is 4. The molecule has 2 aliphatic rings. The van der Waals surface area contributed by atoms with Gasteiger partial charge in [-0.2, -0.15) is 13.2 Å². The minimum atomic E-state index is -4.68. The summed E-state index contributed by atoms with van der Waals surface area (Å²) in [6.07, 6.45) is -0.172. The summed E-state index contributed by atoms with van der Waals surface area (Å²) in [4.78, 5) is 58.0. The maximum Gasteiger partial charge on any atom is 0.410 e. The van der Waals surface area contributed by atoms with Crippen LogP contribution in [0.4, 0.5) is 23.8 Å². The van der Waals surface area contributed by atoms with E-state index in [1.807, 2.05) is 18.2 Å². The normalized spacial score (nSPS) is 19.9. The average Bonchev–Trinajstić information content (AvgIpc) is 2.89. The van der Waals surface area contributed by atoms with Crippen LogP contribution in [0, 0.1) is 0 Å². The van der Waals surface area contributed by atoms with Gasteiger partial charge in [0.15, 0.2) is 0 Å². The van der Waals surface area contributed by atoms with Gasteiger partial charge in [-0.25, -0.2) is 9.78 Å². The number of nitrogens with one attached hydrogen (secondary N) is 2. The second kappa shape index (κ2) is 13.5. The number of imide groups is 1. The van der Waals surface area contributed by atoms with Crippen LogP contribution in [0.3, 0.4) is 0 Å². The molecule has 2 aromatic heterocycles. The van der Waals surface area contributed by atoms with Gasteiger partial charge in [0.1, 0.15) is 17.5 Å². The lowest BCUT2D eigenvalue weighted by atomic mass is 9.91. The number of rotatable bonds is 4. The van der Waals surface area contributed by atoms with Crippen LogP contribution in [0.2, 0.25) is 0 Å². The molecule has 2 N–H and O–H groups in total. The van der Waals surface area contributed by atoms with Crippen molar-refractivity contribution in [1.29, 1.82) is 0 Å². The molecule has 2 aliphatic heterocycles. The van der Waals surface area contributed by atoms with Crippen molar-refractivity contribution in [2.45, 2.75) is 57.3 Å². The van der Waals surface area contributed by atoms with Gasteiger partial charge in [-0.1, -0.05) is 6.07 Å². The fourth-order valence-electron chi connectivity index (χ4n) is 4.24. The van der Waals surface area contributed by atoms with E-state index in [2.05, 4.69) is 20.6 Å². The van der Waals surface area contributed by atoms with Gasteiger partial charge in [-0.3, -0.25) is 29.6 Å². The zero-order chi connectivity index (χ0) is 30.2. The Morgan fingerprint density at radius 2 is 1.80 bits per heavy atom. The number of hydrogen-bond donors (Lipinski definition) is 2. The highest BCUT2D eigenvalue weighted by molar-refractivity contribution is 6.01. The van der Waals surface area contributed by atoms with Crippen molar-refractivity contribution in [3.05, 3.63) is 54.5 Å². The van der Waals surface area contributed by atoms with Gasteiger partial charge in [0.25, 0.3) is 0 Å². The van der Waals surface area contributed by atoms with Crippen LogP contribution in [0.1, 0.15) is 45.1 Å². The number of pyridine rings is 2. The predicted octanol–water partition coefficient (Wildman–Crippen LogP) is 3.11. The van der Waals surface area contributed by atoms with Crippen molar-refractivity contribution in [3.63, 3.8) is 0 Å². The summed E-state index contributed by atoms with van der Waals surface area (Å²) in [5, 5.41) is 4.72. The quantitative estimate of drug-likeness (QED) is 0.529. The van der Waals surface area contributed by atoms with Crippen molar-refractivity contribution in [2.75, 3.05) is 31.5 Å². The summed E-state index contributed by atoms with van der Waals surface area (Å²) in [5.74, 6) is -2.06. The van der Waals surface area contributed by atoms with Gasteiger partial charge in [-0.15, -0.1) is 0 Å². The summed E-state index contributed by atoms with van der Waals surface area (Å²) in [6, 6.07) is 6.70. The van der Waals surface area contributed by atoms with Gasteiger partial charge in [0, 0.05) is 44.6 Å². The molecule has 222 valence electrons. The first-order valence-electron chi connectivity index (χ1n) is 13.0. The van der Waals surface area contributed by atoms with Crippen LogP contribution >= 0.6 is 0 Å². The Hall–Kier alpha value is -4.07. The number of nitrogens with zero attached hydrogens (tertiary/aromatic N) is 4. The van der Waals surface area contributed by atoms with Crippen molar-refractivity contribution in [3.8, 4) is 0 Å². The monoisotopic (exact) mass is 578 g/mol. The van der Waals surface area contributed by atoms with E-state index in [9.17, 15) is 32.3 Å². The van der Waals surface area contributed by atoms with Gasteiger partial charge in [-0.05, 0) is 57.0 Å². The number of hydrogen-bond acceptors (Lipinski definition) is 8. The third-order valence-corrected chi connectivity index (χ3v) is 6.13. The lowest BCUT2D eigenvalue weighted by Gasteiger charge is -2.41. The highest BCUT2D eigenvalue weighted by atomic mass is 19.4. The molecule has 4 rings (SSSR count). The van der Waals surface area contributed by atoms with Crippen LogP contribution in [0.25, 0.3) is 0 Å². The fourth-order valence-corrected chi connectivity index (χ4v) is 4.24. The summed E-state index contributed by atoms with van der Waals surface area (Å²) in [5.41, 5.74) is -0.323. The van der Waals surface area contributed by atoms with Crippen LogP contribution in [-0.2, 0) is 19.1 Å². The van der Waals surface area contributed by atoms with E-state index in [1.54, 1.807) is 39.2 Å². The highest BCUT2D eigenvalue weighted by Crippen LogP contribution is 2.29. The van der Waals surface area contributed by atoms with Crippen molar-refractivity contribution in [2.24, 2.45) is 0 Å². The maximum absolute atomic E-state index is 13.7.